The molecule has 1 amide bonds. The SMILES string of the molecule is CCCCCCCCCCCCOC(=O)c1ccc(Cl)c(NC(=O)C(C(=O)C(C)(C)C)n2c(O)c(OCC)n(Cc3ccccc3)c2=O)c1. The predicted molar refractivity (Wildman–Crippen MR) is 193 cm³/mol. The number of benzene rings is 2. The number of ketones is 1. The lowest BCUT2D eigenvalue weighted by Crippen LogP contribution is -2.43. The van der Waals surface area contributed by atoms with Crippen LogP contribution in [0.25, 0.3) is 0 Å². The lowest BCUT2D eigenvalue weighted by Gasteiger charge is -2.25. The van der Waals surface area contributed by atoms with Crippen molar-refractivity contribution in [1.82, 2.24) is 9.13 Å². The summed E-state index contributed by atoms with van der Waals surface area (Å²) in [5.74, 6) is -2.95. The summed E-state index contributed by atoms with van der Waals surface area (Å²) in [7, 11) is 0. The van der Waals surface area contributed by atoms with Gasteiger partial charge in [-0.25, -0.2) is 14.2 Å². The average Bonchev–Trinajstić information content (AvgIpc) is 3.28. The lowest BCUT2D eigenvalue weighted by molar-refractivity contribution is -0.135. The number of nitrogens with one attached hydrogen (secondary N) is 1. The summed E-state index contributed by atoms with van der Waals surface area (Å²) in [6.07, 6.45) is 11.6. The van der Waals surface area contributed by atoms with E-state index >= 15 is 0 Å². The minimum absolute atomic E-state index is 0.0305. The molecule has 0 saturated carbocycles. The Morgan fingerprint density at radius 2 is 1.51 bits per heavy atom. The maximum Gasteiger partial charge on any atom is 0.338 e. The van der Waals surface area contributed by atoms with Crippen molar-refractivity contribution in [3.8, 4) is 11.8 Å². The number of esters is 1. The van der Waals surface area contributed by atoms with Crippen molar-refractivity contribution < 1.29 is 29.0 Å². The van der Waals surface area contributed by atoms with Gasteiger partial charge < -0.3 is 19.9 Å². The number of rotatable bonds is 20. The number of amides is 1. The van der Waals surface area contributed by atoms with Crippen LogP contribution in [0.2, 0.25) is 5.02 Å². The van der Waals surface area contributed by atoms with E-state index in [-0.39, 0.29) is 41.9 Å². The van der Waals surface area contributed by atoms with Crippen LogP contribution < -0.4 is 15.7 Å². The molecule has 2 aromatic carbocycles. The van der Waals surface area contributed by atoms with Crippen molar-refractivity contribution in [2.45, 2.75) is 111 Å². The molecule has 11 heteroatoms. The molecule has 1 heterocycles. The molecule has 49 heavy (non-hydrogen) atoms. The molecular formula is C38H52ClN3O7. The van der Waals surface area contributed by atoms with Crippen LogP contribution in [-0.2, 0) is 20.9 Å². The van der Waals surface area contributed by atoms with Crippen molar-refractivity contribution in [3.05, 3.63) is 75.2 Å². The molecule has 3 rings (SSSR count). The van der Waals surface area contributed by atoms with Gasteiger partial charge in [-0.2, -0.15) is 0 Å². The minimum Gasteiger partial charge on any atom is -0.491 e. The number of unbranched alkanes of at least 4 members (excludes halogenated alkanes) is 9. The van der Waals surface area contributed by atoms with Gasteiger partial charge in [0.1, 0.15) is 0 Å². The van der Waals surface area contributed by atoms with E-state index in [9.17, 15) is 24.3 Å². The van der Waals surface area contributed by atoms with E-state index in [0.29, 0.717) is 0 Å². The van der Waals surface area contributed by atoms with Crippen molar-refractivity contribution in [2.24, 2.45) is 5.41 Å². The molecule has 0 radical (unpaired) electrons. The molecule has 268 valence electrons. The van der Waals surface area contributed by atoms with Crippen LogP contribution in [0.4, 0.5) is 5.69 Å². The number of aromatic nitrogens is 2. The van der Waals surface area contributed by atoms with E-state index in [1.165, 1.54) is 67.7 Å². The third-order valence-electron chi connectivity index (χ3n) is 8.25. The summed E-state index contributed by atoms with van der Waals surface area (Å²) >= 11 is 6.42. The van der Waals surface area contributed by atoms with E-state index in [1.54, 1.807) is 39.8 Å². The number of imidazole rings is 1. The summed E-state index contributed by atoms with van der Waals surface area (Å²) in [4.78, 5) is 54.4. The van der Waals surface area contributed by atoms with E-state index < -0.39 is 40.7 Å². The first kappa shape index (κ1) is 39.4. The second-order valence-corrected chi connectivity index (χ2v) is 13.7. The zero-order valence-electron chi connectivity index (χ0n) is 29.6. The van der Waals surface area contributed by atoms with Crippen molar-refractivity contribution in [3.63, 3.8) is 0 Å². The third kappa shape index (κ3) is 11.2. The number of Topliss-reactive ketones (excluding diaryl/α,β-unsaturated/α-hetero) is 1. The Morgan fingerprint density at radius 3 is 2.10 bits per heavy atom. The Balaban J connectivity index is 1.77. The zero-order valence-corrected chi connectivity index (χ0v) is 30.3. The molecule has 3 aromatic rings. The first-order valence-electron chi connectivity index (χ1n) is 17.4. The molecule has 0 saturated heterocycles. The number of hydrogen-bond acceptors (Lipinski definition) is 7. The number of nitrogens with zero attached hydrogens (tertiary/aromatic N) is 2. The van der Waals surface area contributed by atoms with Gasteiger partial charge in [0.05, 0.1) is 36.0 Å². The Kier molecular flexibility index (Phi) is 15.4. The van der Waals surface area contributed by atoms with Crippen LogP contribution in [0.5, 0.6) is 11.8 Å². The van der Waals surface area contributed by atoms with Gasteiger partial charge in [0.25, 0.3) is 17.7 Å². The average molecular weight is 698 g/mol. The number of carbonyl (C=O) groups excluding carboxylic acids is 3. The predicted octanol–water partition coefficient (Wildman–Crippen LogP) is 8.33. The molecular weight excluding hydrogens is 646 g/mol. The van der Waals surface area contributed by atoms with Crippen LogP contribution in [0.3, 0.4) is 0 Å². The molecule has 0 aliphatic heterocycles. The second kappa shape index (κ2) is 19.2. The summed E-state index contributed by atoms with van der Waals surface area (Å²) in [6.45, 7) is 9.16. The Hall–Kier alpha value is -4.05. The van der Waals surface area contributed by atoms with Crippen LogP contribution >= 0.6 is 11.6 Å². The molecule has 2 N–H and O–H groups in total. The molecule has 0 aliphatic rings. The van der Waals surface area contributed by atoms with E-state index in [1.807, 2.05) is 18.2 Å². The molecule has 0 spiro atoms. The van der Waals surface area contributed by atoms with Gasteiger partial charge in [0, 0.05) is 5.41 Å². The molecule has 1 unspecified atom stereocenters. The van der Waals surface area contributed by atoms with Gasteiger partial charge in [-0.05, 0) is 37.1 Å². The fraction of sp³-hybridized carbons (Fsp3) is 0.526. The standard InChI is InChI=1S/C38H52ClN3O7/c1-6-8-9-10-11-12-13-14-15-19-24-49-36(46)28-22-23-29(39)30(25-28)40-33(44)31(32(43)38(3,4)5)42-34(45)35(48-7-2)41(37(42)47)26-27-20-17-16-18-21-27/h16-18,20-23,25,31,45H,6-15,19,24,26H2,1-5H3,(H,40,44). The number of anilines is 1. The van der Waals surface area contributed by atoms with E-state index in [4.69, 9.17) is 21.1 Å². The molecule has 0 aliphatic carbocycles. The Labute approximate surface area is 294 Å². The topological polar surface area (TPSA) is 129 Å². The highest BCUT2D eigenvalue weighted by Crippen LogP contribution is 2.34. The van der Waals surface area contributed by atoms with Gasteiger partial charge in [0.15, 0.2) is 11.8 Å². The first-order chi connectivity index (χ1) is 23.4. The first-order valence-corrected chi connectivity index (χ1v) is 17.8. The summed E-state index contributed by atoms with van der Waals surface area (Å²) in [5, 5.41) is 14.0. The lowest BCUT2D eigenvalue weighted by atomic mass is 9.86. The monoisotopic (exact) mass is 697 g/mol. The smallest absolute Gasteiger partial charge is 0.338 e. The highest BCUT2D eigenvalue weighted by Gasteiger charge is 2.41. The maximum absolute atomic E-state index is 13.9. The van der Waals surface area contributed by atoms with E-state index in [2.05, 4.69) is 12.2 Å². The summed E-state index contributed by atoms with van der Waals surface area (Å²) in [5.41, 5.74) is -0.940. The fourth-order valence-corrected chi connectivity index (χ4v) is 5.66. The highest BCUT2D eigenvalue weighted by atomic mass is 35.5. The quantitative estimate of drug-likeness (QED) is 0.0690. The van der Waals surface area contributed by atoms with Gasteiger partial charge in [0.2, 0.25) is 0 Å². The van der Waals surface area contributed by atoms with Crippen LogP contribution in [0.15, 0.2) is 53.3 Å². The highest BCUT2D eigenvalue weighted by molar-refractivity contribution is 6.34. The van der Waals surface area contributed by atoms with Gasteiger partial charge >= 0.3 is 11.7 Å². The number of hydrogen-bond donors (Lipinski definition) is 2. The number of carbonyl (C=O) groups is 3. The number of ether oxygens (including phenoxy) is 2. The van der Waals surface area contributed by atoms with Gasteiger partial charge in [-0.1, -0.05) is 127 Å². The largest absolute Gasteiger partial charge is 0.491 e. The van der Waals surface area contributed by atoms with Gasteiger partial charge in [-0.3, -0.25) is 14.2 Å². The van der Waals surface area contributed by atoms with Gasteiger partial charge in [-0.15, -0.1) is 0 Å². The minimum atomic E-state index is -1.79. The van der Waals surface area contributed by atoms with Crippen LogP contribution in [-0.4, -0.2) is 45.1 Å². The molecule has 1 aromatic heterocycles. The van der Waals surface area contributed by atoms with Crippen LogP contribution in [0.1, 0.15) is 121 Å². The Morgan fingerprint density at radius 1 is 0.898 bits per heavy atom. The molecule has 0 fully saturated rings. The molecule has 10 nitrogen and oxygen atoms in total. The maximum atomic E-state index is 13.9. The molecule has 0 bridgehead atoms. The third-order valence-corrected chi connectivity index (χ3v) is 8.58. The van der Waals surface area contributed by atoms with E-state index in [0.717, 1.165) is 29.4 Å². The number of halogens is 1. The normalized spacial score (nSPS) is 12.0. The molecule has 1 atom stereocenters. The van der Waals surface area contributed by atoms with Crippen molar-refractivity contribution in [1.29, 1.82) is 0 Å². The summed E-state index contributed by atoms with van der Waals surface area (Å²) in [6, 6.07) is 11.6. The van der Waals surface area contributed by atoms with Crippen LogP contribution in [0, 0.1) is 5.41 Å². The Bertz CT molecular complexity index is 1590. The zero-order chi connectivity index (χ0) is 36.0. The number of aromatic hydroxyl groups is 1. The fourth-order valence-electron chi connectivity index (χ4n) is 5.50. The van der Waals surface area contributed by atoms with Crippen molar-refractivity contribution >= 4 is 34.9 Å². The summed E-state index contributed by atoms with van der Waals surface area (Å²) < 4.78 is 13.0. The van der Waals surface area contributed by atoms with Crippen molar-refractivity contribution in [2.75, 3.05) is 18.5 Å². The second-order valence-electron chi connectivity index (χ2n) is 13.3.